The van der Waals surface area contributed by atoms with E-state index in [-0.39, 0.29) is 0 Å². The molecule has 3 atom stereocenters. The first kappa shape index (κ1) is 16.1. The van der Waals surface area contributed by atoms with E-state index in [9.17, 15) is 4.79 Å². The van der Waals surface area contributed by atoms with E-state index < -0.39 is 0 Å². The number of nitrogens with zero attached hydrogens (tertiary/aromatic N) is 2. The molecule has 0 spiro atoms. The summed E-state index contributed by atoms with van der Waals surface area (Å²) in [5, 5.41) is 0. The van der Waals surface area contributed by atoms with Crippen LogP contribution in [0.25, 0.3) is 0 Å². The number of likely N-dealkylation sites (tertiary alicyclic amines) is 2. The van der Waals surface area contributed by atoms with Crippen LogP contribution in [0.1, 0.15) is 50.5 Å². The molecule has 1 aromatic carbocycles. The first-order chi connectivity index (χ1) is 11.8. The van der Waals surface area contributed by atoms with Crippen molar-refractivity contribution < 1.29 is 4.79 Å². The molecule has 0 aromatic heterocycles. The van der Waals surface area contributed by atoms with Crippen LogP contribution in [0.4, 0.5) is 0 Å². The summed E-state index contributed by atoms with van der Waals surface area (Å²) in [4.78, 5) is 18.1. The number of piperidine rings is 1. The van der Waals surface area contributed by atoms with Gasteiger partial charge in [0.15, 0.2) is 0 Å². The SMILES string of the molecule is O=C(Cc1ccccc1)N1CCCC2CCCC(N3CCCC3)C21. The highest BCUT2D eigenvalue weighted by Gasteiger charge is 2.43. The van der Waals surface area contributed by atoms with Gasteiger partial charge in [0.25, 0.3) is 0 Å². The highest BCUT2D eigenvalue weighted by atomic mass is 16.2. The number of hydrogen-bond donors (Lipinski definition) is 0. The maximum atomic E-state index is 13.1. The Morgan fingerprint density at radius 1 is 0.917 bits per heavy atom. The van der Waals surface area contributed by atoms with Crippen molar-refractivity contribution in [3.8, 4) is 0 Å². The van der Waals surface area contributed by atoms with E-state index >= 15 is 0 Å². The molecule has 0 N–H and O–H groups in total. The fourth-order valence-electron chi connectivity index (χ4n) is 5.33. The molecule has 0 bridgehead atoms. The summed E-state index contributed by atoms with van der Waals surface area (Å²) in [6, 6.07) is 11.4. The average molecular weight is 326 g/mol. The van der Waals surface area contributed by atoms with Gasteiger partial charge in [0.2, 0.25) is 5.91 Å². The van der Waals surface area contributed by atoms with E-state index in [4.69, 9.17) is 0 Å². The van der Waals surface area contributed by atoms with Gasteiger partial charge in [-0.3, -0.25) is 9.69 Å². The summed E-state index contributed by atoms with van der Waals surface area (Å²) in [6.07, 6.45) is 9.72. The lowest BCUT2D eigenvalue weighted by Gasteiger charge is -2.51. The predicted octanol–water partition coefficient (Wildman–Crippen LogP) is 3.48. The average Bonchev–Trinajstić information content (AvgIpc) is 3.16. The largest absolute Gasteiger partial charge is 0.338 e. The zero-order valence-corrected chi connectivity index (χ0v) is 14.7. The summed E-state index contributed by atoms with van der Waals surface area (Å²) >= 11 is 0. The van der Waals surface area contributed by atoms with Crippen LogP contribution in [0.15, 0.2) is 30.3 Å². The van der Waals surface area contributed by atoms with Gasteiger partial charge >= 0.3 is 0 Å². The van der Waals surface area contributed by atoms with Crippen molar-refractivity contribution in [2.45, 2.75) is 63.5 Å². The van der Waals surface area contributed by atoms with E-state index in [0.717, 1.165) is 18.0 Å². The van der Waals surface area contributed by atoms with Crippen LogP contribution in [-0.2, 0) is 11.2 Å². The van der Waals surface area contributed by atoms with Gasteiger partial charge in [-0.2, -0.15) is 0 Å². The second-order valence-corrected chi connectivity index (χ2v) is 7.88. The minimum atomic E-state index is 0.349. The Labute approximate surface area is 146 Å². The second kappa shape index (κ2) is 7.26. The molecule has 2 aliphatic heterocycles. The highest BCUT2D eigenvalue weighted by Crippen LogP contribution is 2.38. The molecular formula is C21H30N2O. The standard InChI is InChI=1S/C21H30N2O/c24-20(16-17-8-2-1-3-9-17)23-15-7-11-18-10-6-12-19(21(18)23)22-13-4-5-14-22/h1-3,8-9,18-19,21H,4-7,10-16H2. The van der Waals surface area contributed by atoms with Crippen molar-refractivity contribution in [1.82, 2.24) is 9.80 Å². The van der Waals surface area contributed by atoms with Crippen molar-refractivity contribution in [3.63, 3.8) is 0 Å². The van der Waals surface area contributed by atoms with Crippen LogP contribution in [-0.4, -0.2) is 47.4 Å². The maximum Gasteiger partial charge on any atom is 0.227 e. The van der Waals surface area contributed by atoms with Gasteiger partial charge in [-0.25, -0.2) is 0 Å². The fraction of sp³-hybridized carbons (Fsp3) is 0.667. The lowest BCUT2D eigenvalue weighted by atomic mass is 9.74. The normalized spacial score (nSPS) is 31.0. The van der Waals surface area contributed by atoms with Gasteiger partial charge in [0.1, 0.15) is 0 Å². The summed E-state index contributed by atoms with van der Waals surface area (Å²) < 4.78 is 0. The summed E-state index contributed by atoms with van der Waals surface area (Å²) in [5.74, 6) is 1.08. The van der Waals surface area contributed by atoms with E-state index in [1.807, 2.05) is 18.2 Å². The van der Waals surface area contributed by atoms with Crippen LogP contribution in [0, 0.1) is 5.92 Å². The molecule has 2 heterocycles. The second-order valence-electron chi connectivity index (χ2n) is 7.88. The Balaban J connectivity index is 1.52. The first-order valence-electron chi connectivity index (χ1n) is 9.90. The molecule has 1 amide bonds. The number of rotatable bonds is 3. The van der Waals surface area contributed by atoms with Gasteiger partial charge in [-0.05, 0) is 63.1 Å². The van der Waals surface area contributed by atoms with Crippen molar-refractivity contribution in [2.75, 3.05) is 19.6 Å². The Bertz CT molecular complexity index is 550. The molecule has 24 heavy (non-hydrogen) atoms. The lowest BCUT2D eigenvalue weighted by molar-refractivity contribution is -0.139. The quantitative estimate of drug-likeness (QED) is 0.849. The zero-order chi connectivity index (χ0) is 16.4. The van der Waals surface area contributed by atoms with Crippen molar-refractivity contribution >= 4 is 5.91 Å². The molecule has 1 aromatic rings. The third-order valence-corrected chi connectivity index (χ3v) is 6.41. The van der Waals surface area contributed by atoms with Crippen molar-refractivity contribution in [1.29, 1.82) is 0 Å². The molecule has 1 aliphatic carbocycles. The Morgan fingerprint density at radius 2 is 1.67 bits per heavy atom. The molecule has 3 heteroatoms. The Kier molecular flexibility index (Phi) is 4.88. The van der Waals surface area contributed by atoms with Crippen LogP contribution in [0.2, 0.25) is 0 Å². The monoisotopic (exact) mass is 326 g/mol. The molecule has 130 valence electrons. The third kappa shape index (κ3) is 3.23. The maximum absolute atomic E-state index is 13.1. The number of amides is 1. The Morgan fingerprint density at radius 3 is 2.46 bits per heavy atom. The molecule has 0 radical (unpaired) electrons. The number of carbonyl (C=O) groups is 1. The molecule has 1 saturated carbocycles. The molecule has 3 aliphatic rings. The number of carbonyl (C=O) groups excluding carboxylic acids is 1. The van der Waals surface area contributed by atoms with Crippen molar-refractivity contribution in [2.24, 2.45) is 5.92 Å². The first-order valence-corrected chi connectivity index (χ1v) is 9.90. The number of benzene rings is 1. The van der Waals surface area contributed by atoms with E-state index in [1.165, 1.54) is 58.0 Å². The van der Waals surface area contributed by atoms with Crippen LogP contribution in [0.3, 0.4) is 0 Å². The van der Waals surface area contributed by atoms with Gasteiger partial charge in [0.05, 0.1) is 12.5 Å². The van der Waals surface area contributed by atoms with E-state index in [0.29, 0.717) is 24.4 Å². The van der Waals surface area contributed by atoms with Crippen LogP contribution in [0.5, 0.6) is 0 Å². The molecule has 3 fully saturated rings. The minimum Gasteiger partial charge on any atom is -0.338 e. The molecular weight excluding hydrogens is 296 g/mol. The predicted molar refractivity (Wildman–Crippen MR) is 96.8 cm³/mol. The molecule has 3 unspecified atom stereocenters. The summed E-state index contributed by atoms with van der Waals surface area (Å²) in [5.41, 5.74) is 1.15. The number of hydrogen-bond acceptors (Lipinski definition) is 2. The fourth-order valence-corrected chi connectivity index (χ4v) is 5.33. The van der Waals surface area contributed by atoms with E-state index in [1.54, 1.807) is 0 Å². The molecule has 2 saturated heterocycles. The zero-order valence-electron chi connectivity index (χ0n) is 14.7. The summed E-state index contributed by atoms with van der Waals surface area (Å²) in [7, 11) is 0. The summed E-state index contributed by atoms with van der Waals surface area (Å²) in [6.45, 7) is 3.46. The molecule has 3 nitrogen and oxygen atoms in total. The smallest absolute Gasteiger partial charge is 0.227 e. The van der Waals surface area contributed by atoms with Gasteiger partial charge in [-0.1, -0.05) is 36.8 Å². The number of fused-ring (bicyclic) bond motifs is 1. The van der Waals surface area contributed by atoms with Crippen molar-refractivity contribution in [3.05, 3.63) is 35.9 Å². The van der Waals surface area contributed by atoms with Gasteiger partial charge in [-0.15, -0.1) is 0 Å². The lowest BCUT2D eigenvalue weighted by Crippen LogP contribution is -2.60. The highest BCUT2D eigenvalue weighted by molar-refractivity contribution is 5.79. The third-order valence-electron chi connectivity index (χ3n) is 6.41. The Hall–Kier alpha value is -1.35. The van der Waals surface area contributed by atoms with Gasteiger partial charge in [0, 0.05) is 12.6 Å². The molecule has 4 rings (SSSR count). The van der Waals surface area contributed by atoms with Gasteiger partial charge < -0.3 is 4.90 Å². The van der Waals surface area contributed by atoms with E-state index in [2.05, 4.69) is 21.9 Å². The van der Waals surface area contributed by atoms with Crippen LogP contribution < -0.4 is 0 Å². The topological polar surface area (TPSA) is 23.6 Å². The van der Waals surface area contributed by atoms with Crippen LogP contribution >= 0.6 is 0 Å². The minimum absolute atomic E-state index is 0.349.